The van der Waals surface area contributed by atoms with E-state index in [0.717, 1.165) is 19.0 Å². The smallest absolute Gasteiger partial charge is 0.194 e. The van der Waals surface area contributed by atoms with Crippen molar-refractivity contribution in [1.82, 2.24) is 14.8 Å². The minimum absolute atomic E-state index is 0.499. The summed E-state index contributed by atoms with van der Waals surface area (Å²) in [6.45, 7) is 3.74. The van der Waals surface area contributed by atoms with E-state index < -0.39 is 0 Å². The van der Waals surface area contributed by atoms with Crippen LogP contribution in [-0.2, 0) is 13.6 Å². The SMILES string of the molecule is CCN=C(NC1CC1c1ccccc1)N(C)Cc1cccn1C. The molecule has 1 aliphatic carbocycles. The van der Waals surface area contributed by atoms with Crippen LogP contribution < -0.4 is 5.32 Å². The van der Waals surface area contributed by atoms with E-state index in [4.69, 9.17) is 0 Å². The van der Waals surface area contributed by atoms with E-state index in [-0.39, 0.29) is 0 Å². The number of benzene rings is 1. The first-order chi connectivity index (χ1) is 11.2. The number of guanidine groups is 1. The van der Waals surface area contributed by atoms with Crippen molar-refractivity contribution in [2.45, 2.75) is 31.8 Å². The van der Waals surface area contributed by atoms with Crippen LogP contribution in [0.3, 0.4) is 0 Å². The molecule has 23 heavy (non-hydrogen) atoms. The Morgan fingerprint density at radius 2 is 2.04 bits per heavy atom. The van der Waals surface area contributed by atoms with Gasteiger partial charge in [-0.15, -0.1) is 0 Å². The topological polar surface area (TPSA) is 32.6 Å². The largest absolute Gasteiger partial charge is 0.353 e. The summed E-state index contributed by atoms with van der Waals surface area (Å²) in [5, 5.41) is 3.64. The third-order valence-corrected chi connectivity index (χ3v) is 4.45. The van der Waals surface area contributed by atoms with Crippen molar-refractivity contribution in [2.75, 3.05) is 13.6 Å². The van der Waals surface area contributed by atoms with E-state index >= 15 is 0 Å². The lowest BCUT2D eigenvalue weighted by atomic mass is 10.1. The summed E-state index contributed by atoms with van der Waals surface area (Å²) in [5.74, 6) is 1.61. The van der Waals surface area contributed by atoms with Gasteiger partial charge in [-0.25, -0.2) is 0 Å². The van der Waals surface area contributed by atoms with Gasteiger partial charge in [-0.2, -0.15) is 0 Å². The number of rotatable bonds is 5. The Bertz CT molecular complexity index is 659. The maximum atomic E-state index is 4.66. The zero-order valence-electron chi connectivity index (χ0n) is 14.2. The normalized spacial score (nSPS) is 20.4. The van der Waals surface area contributed by atoms with E-state index in [1.807, 2.05) is 0 Å². The Balaban J connectivity index is 1.62. The number of aryl methyl sites for hydroxylation is 1. The molecule has 1 N–H and O–H groups in total. The lowest BCUT2D eigenvalue weighted by Gasteiger charge is -2.23. The molecular weight excluding hydrogens is 284 g/mol. The van der Waals surface area contributed by atoms with E-state index in [1.54, 1.807) is 0 Å². The van der Waals surface area contributed by atoms with Gasteiger partial charge in [-0.3, -0.25) is 4.99 Å². The van der Waals surface area contributed by atoms with Gasteiger partial charge >= 0.3 is 0 Å². The lowest BCUT2D eigenvalue weighted by Crippen LogP contribution is -2.40. The van der Waals surface area contributed by atoms with Crippen LogP contribution in [0.2, 0.25) is 0 Å². The second kappa shape index (κ2) is 6.90. The molecule has 0 radical (unpaired) electrons. The van der Waals surface area contributed by atoms with Crippen LogP contribution >= 0.6 is 0 Å². The molecule has 1 aliphatic rings. The summed E-state index contributed by atoms with van der Waals surface area (Å²) in [7, 11) is 4.19. The molecule has 2 unspecified atom stereocenters. The monoisotopic (exact) mass is 310 g/mol. The molecule has 122 valence electrons. The molecule has 0 amide bonds. The van der Waals surface area contributed by atoms with Crippen molar-refractivity contribution in [1.29, 1.82) is 0 Å². The summed E-state index contributed by atoms with van der Waals surface area (Å²) in [4.78, 5) is 6.87. The standard InChI is InChI=1S/C19H26N4/c1-4-20-19(23(3)14-16-11-8-12-22(16)2)21-18-13-17(18)15-9-6-5-7-10-15/h5-12,17-18H,4,13-14H2,1-3H3,(H,20,21). The summed E-state index contributed by atoms with van der Waals surface area (Å²) in [6, 6.07) is 15.5. The third-order valence-electron chi connectivity index (χ3n) is 4.45. The number of nitrogens with zero attached hydrogens (tertiary/aromatic N) is 3. The van der Waals surface area contributed by atoms with Crippen LogP contribution in [0.1, 0.15) is 30.5 Å². The fourth-order valence-electron chi connectivity index (χ4n) is 2.99. The van der Waals surface area contributed by atoms with E-state index in [1.165, 1.54) is 17.7 Å². The van der Waals surface area contributed by atoms with Crippen LogP contribution in [0.15, 0.2) is 53.7 Å². The number of hydrogen-bond donors (Lipinski definition) is 1. The highest BCUT2D eigenvalue weighted by Crippen LogP contribution is 2.40. The third kappa shape index (κ3) is 3.76. The Labute approximate surface area is 138 Å². The fraction of sp³-hybridized carbons (Fsp3) is 0.421. The van der Waals surface area contributed by atoms with Crippen molar-refractivity contribution in [3.05, 3.63) is 59.9 Å². The highest BCUT2D eigenvalue weighted by atomic mass is 15.3. The van der Waals surface area contributed by atoms with E-state index in [9.17, 15) is 0 Å². The molecule has 0 aliphatic heterocycles. The molecule has 1 aromatic heterocycles. The van der Waals surface area contributed by atoms with Gasteiger partial charge in [0.05, 0.1) is 6.54 Å². The van der Waals surface area contributed by atoms with E-state index in [2.05, 4.69) is 89.5 Å². The minimum atomic E-state index is 0.499. The number of aliphatic imine (C=N–C) groups is 1. The molecule has 2 aromatic rings. The van der Waals surface area contributed by atoms with Gasteiger partial charge in [0, 0.05) is 44.5 Å². The van der Waals surface area contributed by atoms with Crippen molar-refractivity contribution in [2.24, 2.45) is 12.0 Å². The van der Waals surface area contributed by atoms with Crippen LogP contribution in [0, 0.1) is 0 Å². The maximum absolute atomic E-state index is 4.66. The predicted octanol–water partition coefficient (Wildman–Crippen LogP) is 2.98. The Morgan fingerprint density at radius 3 is 2.70 bits per heavy atom. The zero-order valence-corrected chi connectivity index (χ0v) is 14.2. The molecule has 1 heterocycles. The summed E-state index contributed by atoms with van der Waals surface area (Å²) in [6.07, 6.45) is 3.27. The molecule has 3 rings (SSSR count). The maximum Gasteiger partial charge on any atom is 0.194 e. The van der Waals surface area contributed by atoms with Gasteiger partial charge in [0.2, 0.25) is 0 Å². The average Bonchev–Trinajstić information content (AvgIpc) is 3.22. The average molecular weight is 310 g/mol. The molecule has 1 fully saturated rings. The lowest BCUT2D eigenvalue weighted by molar-refractivity contribution is 0.459. The summed E-state index contributed by atoms with van der Waals surface area (Å²) < 4.78 is 2.16. The Kier molecular flexibility index (Phi) is 4.70. The molecule has 0 saturated heterocycles. The van der Waals surface area contributed by atoms with Gasteiger partial charge in [0.1, 0.15) is 0 Å². The van der Waals surface area contributed by atoms with Crippen LogP contribution in [0.4, 0.5) is 0 Å². The molecule has 4 heteroatoms. The zero-order chi connectivity index (χ0) is 16.2. The second-order valence-corrected chi connectivity index (χ2v) is 6.27. The van der Waals surface area contributed by atoms with Crippen LogP contribution in [0.5, 0.6) is 0 Å². The van der Waals surface area contributed by atoms with Crippen molar-refractivity contribution in [3.8, 4) is 0 Å². The highest BCUT2D eigenvalue weighted by Gasteiger charge is 2.39. The number of hydrogen-bond acceptors (Lipinski definition) is 1. The Morgan fingerprint density at radius 1 is 1.26 bits per heavy atom. The van der Waals surface area contributed by atoms with Crippen molar-refractivity contribution < 1.29 is 0 Å². The first kappa shape index (κ1) is 15.7. The molecule has 2 atom stereocenters. The van der Waals surface area contributed by atoms with Crippen molar-refractivity contribution >= 4 is 5.96 Å². The summed E-state index contributed by atoms with van der Waals surface area (Å²) in [5.41, 5.74) is 2.71. The van der Waals surface area contributed by atoms with Gasteiger partial charge in [0.15, 0.2) is 5.96 Å². The fourth-order valence-corrected chi connectivity index (χ4v) is 2.99. The number of aromatic nitrogens is 1. The Hall–Kier alpha value is -2.23. The molecular formula is C19H26N4. The first-order valence-corrected chi connectivity index (χ1v) is 8.36. The predicted molar refractivity (Wildman–Crippen MR) is 95.6 cm³/mol. The van der Waals surface area contributed by atoms with Crippen LogP contribution in [0.25, 0.3) is 0 Å². The molecule has 1 aromatic carbocycles. The highest BCUT2D eigenvalue weighted by molar-refractivity contribution is 5.80. The van der Waals surface area contributed by atoms with Gasteiger partial charge in [0.25, 0.3) is 0 Å². The minimum Gasteiger partial charge on any atom is -0.353 e. The van der Waals surface area contributed by atoms with Crippen LogP contribution in [-0.4, -0.2) is 35.1 Å². The quantitative estimate of drug-likeness (QED) is 0.680. The second-order valence-electron chi connectivity index (χ2n) is 6.27. The molecule has 4 nitrogen and oxygen atoms in total. The number of nitrogens with one attached hydrogen (secondary N) is 1. The molecule has 1 saturated carbocycles. The van der Waals surface area contributed by atoms with Gasteiger partial charge in [-0.1, -0.05) is 30.3 Å². The molecule has 0 bridgehead atoms. The molecule has 0 spiro atoms. The van der Waals surface area contributed by atoms with Crippen molar-refractivity contribution in [3.63, 3.8) is 0 Å². The van der Waals surface area contributed by atoms with Gasteiger partial charge in [-0.05, 0) is 31.0 Å². The summed E-state index contributed by atoms with van der Waals surface area (Å²) >= 11 is 0. The first-order valence-electron chi connectivity index (χ1n) is 8.36. The van der Waals surface area contributed by atoms with Gasteiger partial charge < -0.3 is 14.8 Å². The van der Waals surface area contributed by atoms with E-state index in [0.29, 0.717) is 12.0 Å².